The molecule has 2 rings (SSSR count). The molecule has 0 saturated carbocycles. The molecule has 0 bridgehead atoms. The molecule has 0 fully saturated rings. The predicted molar refractivity (Wildman–Crippen MR) is 97.7 cm³/mol. The first-order valence-electron chi connectivity index (χ1n) is 7.65. The Balaban J connectivity index is 1.88. The summed E-state index contributed by atoms with van der Waals surface area (Å²) in [6.45, 7) is 7.13. The van der Waals surface area contributed by atoms with E-state index < -0.39 is 0 Å². The maximum absolute atomic E-state index is 12.2. The molecule has 2 aromatic rings. The first kappa shape index (κ1) is 18.4. The Labute approximate surface area is 149 Å². The SMILES string of the molecule is CCN(CC)C(=O)c1ccc(NC(=O)CSc2nnc(C)s2)cc1. The van der Waals surface area contributed by atoms with E-state index in [1.54, 1.807) is 29.2 Å². The number of amides is 2. The van der Waals surface area contributed by atoms with Gasteiger partial charge in [0, 0.05) is 24.3 Å². The molecule has 0 aliphatic carbocycles. The minimum Gasteiger partial charge on any atom is -0.339 e. The zero-order valence-electron chi connectivity index (χ0n) is 13.9. The Bertz CT molecular complexity index is 696. The molecule has 0 spiro atoms. The highest BCUT2D eigenvalue weighted by Gasteiger charge is 2.12. The topological polar surface area (TPSA) is 75.2 Å². The van der Waals surface area contributed by atoms with Crippen LogP contribution in [-0.4, -0.2) is 45.8 Å². The lowest BCUT2D eigenvalue weighted by Gasteiger charge is -2.18. The Morgan fingerprint density at radius 1 is 1.17 bits per heavy atom. The van der Waals surface area contributed by atoms with Crippen molar-refractivity contribution in [2.75, 3.05) is 24.2 Å². The molecule has 0 unspecified atom stereocenters. The molecule has 1 aromatic heterocycles. The molecule has 0 atom stereocenters. The van der Waals surface area contributed by atoms with Crippen molar-refractivity contribution in [2.45, 2.75) is 25.1 Å². The second-order valence-electron chi connectivity index (χ2n) is 4.98. The summed E-state index contributed by atoms with van der Waals surface area (Å²) in [7, 11) is 0. The molecule has 0 aliphatic heterocycles. The molecule has 2 amide bonds. The van der Waals surface area contributed by atoms with Gasteiger partial charge >= 0.3 is 0 Å². The summed E-state index contributed by atoms with van der Waals surface area (Å²) in [4.78, 5) is 25.9. The van der Waals surface area contributed by atoms with Gasteiger partial charge in [0.05, 0.1) is 5.75 Å². The van der Waals surface area contributed by atoms with Crippen LogP contribution < -0.4 is 5.32 Å². The lowest BCUT2D eigenvalue weighted by Crippen LogP contribution is -2.30. The third-order valence-corrected chi connectivity index (χ3v) is 5.27. The number of hydrogen-bond acceptors (Lipinski definition) is 6. The van der Waals surface area contributed by atoms with Crippen molar-refractivity contribution in [2.24, 2.45) is 0 Å². The van der Waals surface area contributed by atoms with Gasteiger partial charge in [-0.1, -0.05) is 23.1 Å². The van der Waals surface area contributed by atoms with E-state index in [0.717, 1.165) is 9.35 Å². The van der Waals surface area contributed by atoms with E-state index in [2.05, 4.69) is 15.5 Å². The molecule has 0 radical (unpaired) electrons. The van der Waals surface area contributed by atoms with Gasteiger partial charge in [0.25, 0.3) is 5.91 Å². The van der Waals surface area contributed by atoms with Crippen molar-refractivity contribution < 1.29 is 9.59 Å². The number of hydrogen-bond donors (Lipinski definition) is 1. The quantitative estimate of drug-likeness (QED) is 0.764. The maximum Gasteiger partial charge on any atom is 0.253 e. The van der Waals surface area contributed by atoms with Crippen LogP contribution in [0.1, 0.15) is 29.2 Å². The summed E-state index contributed by atoms with van der Waals surface area (Å²) in [5.41, 5.74) is 1.29. The van der Waals surface area contributed by atoms with Crippen LogP contribution in [0.2, 0.25) is 0 Å². The predicted octanol–water partition coefficient (Wildman–Crippen LogP) is 3.06. The van der Waals surface area contributed by atoms with Crippen LogP contribution in [0.25, 0.3) is 0 Å². The first-order chi connectivity index (χ1) is 11.5. The van der Waals surface area contributed by atoms with Crippen molar-refractivity contribution in [3.05, 3.63) is 34.8 Å². The number of nitrogens with zero attached hydrogens (tertiary/aromatic N) is 3. The number of anilines is 1. The van der Waals surface area contributed by atoms with Crippen LogP contribution in [0.4, 0.5) is 5.69 Å². The monoisotopic (exact) mass is 364 g/mol. The van der Waals surface area contributed by atoms with Crippen molar-refractivity contribution in [1.29, 1.82) is 0 Å². The van der Waals surface area contributed by atoms with Crippen LogP contribution in [-0.2, 0) is 4.79 Å². The summed E-state index contributed by atoms with van der Waals surface area (Å²) in [6, 6.07) is 6.96. The van der Waals surface area contributed by atoms with Gasteiger partial charge in [-0.15, -0.1) is 10.2 Å². The molecular formula is C16H20N4O2S2. The standard InChI is InChI=1S/C16H20N4O2S2/c1-4-20(5-2)15(22)12-6-8-13(9-7-12)17-14(21)10-23-16-19-18-11(3)24-16/h6-9H,4-5,10H2,1-3H3,(H,17,21). The van der Waals surface area contributed by atoms with Gasteiger partial charge in [-0.3, -0.25) is 9.59 Å². The molecule has 0 saturated heterocycles. The van der Waals surface area contributed by atoms with Crippen molar-refractivity contribution in [3.63, 3.8) is 0 Å². The van der Waals surface area contributed by atoms with E-state index in [1.807, 2.05) is 20.8 Å². The Kier molecular flexibility index (Phi) is 6.74. The largest absolute Gasteiger partial charge is 0.339 e. The zero-order valence-corrected chi connectivity index (χ0v) is 15.5. The van der Waals surface area contributed by atoms with Crippen molar-refractivity contribution in [1.82, 2.24) is 15.1 Å². The Morgan fingerprint density at radius 2 is 1.83 bits per heavy atom. The average molecular weight is 364 g/mol. The fraction of sp³-hybridized carbons (Fsp3) is 0.375. The molecule has 24 heavy (non-hydrogen) atoms. The minimum absolute atomic E-state index is 0.0000664. The summed E-state index contributed by atoms with van der Waals surface area (Å²) >= 11 is 2.83. The van der Waals surface area contributed by atoms with Gasteiger partial charge in [-0.05, 0) is 45.0 Å². The second kappa shape index (κ2) is 8.79. The zero-order chi connectivity index (χ0) is 17.5. The molecule has 0 aliphatic rings. The lowest BCUT2D eigenvalue weighted by atomic mass is 10.2. The van der Waals surface area contributed by atoms with Crippen LogP contribution >= 0.6 is 23.1 Å². The number of thioether (sulfide) groups is 1. The number of nitrogens with one attached hydrogen (secondary N) is 1. The van der Waals surface area contributed by atoms with Gasteiger partial charge in [-0.25, -0.2) is 0 Å². The van der Waals surface area contributed by atoms with E-state index in [4.69, 9.17) is 0 Å². The van der Waals surface area contributed by atoms with E-state index in [9.17, 15) is 9.59 Å². The van der Waals surface area contributed by atoms with Gasteiger partial charge in [0.15, 0.2) is 4.34 Å². The molecule has 6 nitrogen and oxygen atoms in total. The van der Waals surface area contributed by atoms with Gasteiger partial charge in [0.2, 0.25) is 5.91 Å². The maximum atomic E-state index is 12.2. The number of carbonyl (C=O) groups is 2. The van der Waals surface area contributed by atoms with Gasteiger partial charge in [0.1, 0.15) is 5.01 Å². The number of rotatable bonds is 7. The highest BCUT2D eigenvalue weighted by Crippen LogP contribution is 2.22. The molecule has 8 heteroatoms. The van der Waals surface area contributed by atoms with Crippen molar-refractivity contribution >= 4 is 40.6 Å². The number of benzene rings is 1. The average Bonchev–Trinajstić information content (AvgIpc) is 3.00. The first-order valence-corrected chi connectivity index (χ1v) is 9.45. The van der Waals surface area contributed by atoms with Crippen LogP contribution in [0, 0.1) is 6.92 Å². The van der Waals surface area contributed by atoms with Gasteiger partial charge in [-0.2, -0.15) is 0 Å². The Hall–Kier alpha value is -1.93. The highest BCUT2D eigenvalue weighted by atomic mass is 32.2. The smallest absolute Gasteiger partial charge is 0.253 e. The number of aromatic nitrogens is 2. The number of carbonyl (C=O) groups excluding carboxylic acids is 2. The summed E-state index contributed by atoms with van der Waals surface area (Å²) < 4.78 is 0.780. The van der Waals surface area contributed by atoms with Gasteiger partial charge < -0.3 is 10.2 Å². The van der Waals surface area contributed by atoms with Crippen LogP contribution in [0.5, 0.6) is 0 Å². The fourth-order valence-corrected chi connectivity index (χ4v) is 3.67. The van der Waals surface area contributed by atoms with Crippen LogP contribution in [0.15, 0.2) is 28.6 Å². The summed E-state index contributed by atoms with van der Waals surface area (Å²) in [5.74, 6) is 0.158. The molecule has 128 valence electrons. The third-order valence-electron chi connectivity index (χ3n) is 3.30. The number of aryl methyl sites for hydroxylation is 1. The lowest BCUT2D eigenvalue weighted by molar-refractivity contribution is -0.113. The molecular weight excluding hydrogens is 344 g/mol. The summed E-state index contributed by atoms with van der Waals surface area (Å²) in [5, 5.41) is 11.6. The third kappa shape index (κ3) is 5.04. The fourth-order valence-electron chi connectivity index (χ4n) is 2.05. The van der Waals surface area contributed by atoms with Crippen molar-refractivity contribution in [3.8, 4) is 0 Å². The van der Waals surface area contributed by atoms with E-state index in [0.29, 0.717) is 24.3 Å². The van der Waals surface area contributed by atoms with E-state index in [1.165, 1.54) is 23.1 Å². The minimum atomic E-state index is -0.115. The van der Waals surface area contributed by atoms with E-state index >= 15 is 0 Å². The summed E-state index contributed by atoms with van der Waals surface area (Å²) in [6.07, 6.45) is 0. The molecule has 1 N–H and O–H groups in total. The molecule has 1 aromatic carbocycles. The Morgan fingerprint density at radius 3 is 2.38 bits per heavy atom. The normalized spacial score (nSPS) is 10.5. The molecule has 1 heterocycles. The highest BCUT2D eigenvalue weighted by molar-refractivity contribution is 8.01. The van der Waals surface area contributed by atoms with Crippen LogP contribution in [0.3, 0.4) is 0 Å². The van der Waals surface area contributed by atoms with E-state index in [-0.39, 0.29) is 17.6 Å². The second-order valence-corrected chi connectivity index (χ2v) is 7.38.